The molecule has 0 radical (unpaired) electrons. The number of urea groups is 1. The van der Waals surface area contributed by atoms with Crippen LogP contribution >= 0.6 is 11.8 Å². The summed E-state index contributed by atoms with van der Waals surface area (Å²) in [4.78, 5) is 23.6. The highest BCUT2D eigenvalue weighted by atomic mass is 32.2. The molecule has 1 aromatic rings. The molecule has 3 N–H and O–H groups in total. The third kappa shape index (κ3) is 5.74. The Balaban J connectivity index is 1.72. The Kier molecular flexibility index (Phi) is 7.43. The number of thioether (sulfide) groups is 1. The molecule has 0 spiro atoms. The van der Waals surface area contributed by atoms with E-state index in [9.17, 15) is 9.59 Å². The predicted molar refractivity (Wildman–Crippen MR) is 101 cm³/mol. The van der Waals surface area contributed by atoms with Gasteiger partial charge in [0, 0.05) is 35.8 Å². The fourth-order valence-electron chi connectivity index (χ4n) is 2.88. The normalized spacial score (nSPS) is 14.9. The minimum Gasteiger partial charge on any atom is -0.355 e. The molecule has 6 heteroatoms. The highest BCUT2D eigenvalue weighted by molar-refractivity contribution is 7.99. The summed E-state index contributed by atoms with van der Waals surface area (Å²) in [5.74, 6) is 0.820. The maximum Gasteiger partial charge on any atom is 0.319 e. The third-order valence-electron chi connectivity index (χ3n) is 4.26. The van der Waals surface area contributed by atoms with Crippen LogP contribution < -0.4 is 16.0 Å². The molecule has 0 heterocycles. The minimum atomic E-state index is -0.199. The lowest BCUT2D eigenvalue weighted by Gasteiger charge is -2.20. The number of amides is 3. The largest absolute Gasteiger partial charge is 0.355 e. The van der Waals surface area contributed by atoms with E-state index in [1.807, 2.05) is 18.7 Å². The zero-order chi connectivity index (χ0) is 17.4. The third-order valence-corrected chi connectivity index (χ3v) is 5.64. The predicted octanol–water partition coefficient (Wildman–Crippen LogP) is 3.54. The van der Waals surface area contributed by atoms with Gasteiger partial charge >= 0.3 is 6.03 Å². The number of carbonyl (C=O) groups excluding carboxylic acids is 2. The first kappa shape index (κ1) is 18.6. The molecule has 2 rings (SSSR count). The summed E-state index contributed by atoms with van der Waals surface area (Å²) < 4.78 is 0. The molecular weight excluding hydrogens is 322 g/mol. The van der Waals surface area contributed by atoms with Crippen LogP contribution in [-0.4, -0.2) is 36.5 Å². The second kappa shape index (κ2) is 9.57. The number of aryl methyl sites for hydroxylation is 1. The maximum absolute atomic E-state index is 12.0. The molecular formula is C18H27N3O2S. The van der Waals surface area contributed by atoms with Crippen LogP contribution in [0.15, 0.2) is 18.2 Å². The topological polar surface area (TPSA) is 70.2 Å². The molecule has 24 heavy (non-hydrogen) atoms. The van der Waals surface area contributed by atoms with E-state index in [-0.39, 0.29) is 11.9 Å². The molecule has 0 saturated heterocycles. The van der Waals surface area contributed by atoms with Crippen LogP contribution in [0.3, 0.4) is 0 Å². The number of hydrogen-bond donors (Lipinski definition) is 3. The molecule has 0 bridgehead atoms. The fourth-order valence-corrected chi connectivity index (χ4v) is 4.10. The van der Waals surface area contributed by atoms with Gasteiger partial charge < -0.3 is 16.0 Å². The van der Waals surface area contributed by atoms with Crippen molar-refractivity contribution in [1.29, 1.82) is 0 Å². The molecule has 1 aromatic carbocycles. The van der Waals surface area contributed by atoms with E-state index in [1.165, 1.54) is 32.1 Å². The van der Waals surface area contributed by atoms with Gasteiger partial charge in [0.2, 0.25) is 0 Å². The molecule has 0 atom stereocenters. The van der Waals surface area contributed by atoms with Crippen LogP contribution in [0.2, 0.25) is 0 Å². The van der Waals surface area contributed by atoms with Gasteiger partial charge in [-0.25, -0.2) is 4.79 Å². The average molecular weight is 350 g/mol. The number of hydrogen-bond acceptors (Lipinski definition) is 3. The fraction of sp³-hybridized carbons (Fsp3) is 0.556. The average Bonchev–Trinajstić information content (AvgIpc) is 2.60. The van der Waals surface area contributed by atoms with Crippen LogP contribution in [0.25, 0.3) is 0 Å². The first-order chi connectivity index (χ1) is 11.6. The molecule has 1 aliphatic carbocycles. The Labute approximate surface area is 148 Å². The Morgan fingerprint density at radius 3 is 2.62 bits per heavy atom. The molecule has 5 nitrogen and oxygen atoms in total. The van der Waals surface area contributed by atoms with Gasteiger partial charge in [0.05, 0.1) is 0 Å². The van der Waals surface area contributed by atoms with Crippen LogP contribution in [-0.2, 0) is 0 Å². The van der Waals surface area contributed by atoms with Crippen LogP contribution in [0.1, 0.15) is 48.0 Å². The number of anilines is 1. The highest BCUT2D eigenvalue weighted by Crippen LogP contribution is 2.27. The van der Waals surface area contributed by atoms with E-state index >= 15 is 0 Å². The lowest BCUT2D eigenvalue weighted by Crippen LogP contribution is -2.31. The SMILES string of the molecule is CNC(=O)c1ccc(NC(=O)NCCSC2CCCCC2)c(C)c1. The molecule has 1 saturated carbocycles. The number of carbonyl (C=O) groups is 2. The first-order valence-corrected chi connectivity index (χ1v) is 9.64. The molecule has 1 aliphatic rings. The Hall–Kier alpha value is -1.69. The number of benzene rings is 1. The zero-order valence-corrected chi connectivity index (χ0v) is 15.3. The van der Waals surface area contributed by atoms with Crippen molar-refractivity contribution in [1.82, 2.24) is 10.6 Å². The van der Waals surface area contributed by atoms with Crippen molar-refractivity contribution in [3.05, 3.63) is 29.3 Å². The maximum atomic E-state index is 12.0. The van der Waals surface area contributed by atoms with Crippen LogP contribution in [0.5, 0.6) is 0 Å². The lowest BCUT2D eigenvalue weighted by atomic mass is 10.0. The van der Waals surface area contributed by atoms with Gasteiger partial charge in [0.1, 0.15) is 0 Å². The highest BCUT2D eigenvalue weighted by Gasteiger charge is 2.13. The van der Waals surface area contributed by atoms with E-state index < -0.39 is 0 Å². The van der Waals surface area contributed by atoms with Gasteiger partial charge in [-0.15, -0.1) is 0 Å². The monoisotopic (exact) mass is 349 g/mol. The molecule has 0 aliphatic heterocycles. The quantitative estimate of drug-likeness (QED) is 0.688. The van der Waals surface area contributed by atoms with Gasteiger partial charge in [0.25, 0.3) is 5.91 Å². The Morgan fingerprint density at radius 2 is 1.96 bits per heavy atom. The van der Waals surface area contributed by atoms with Gasteiger partial charge in [-0.1, -0.05) is 19.3 Å². The van der Waals surface area contributed by atoms with E-state index in [4.69, 9.17) is 0 Å². The molecule has 132 valence electrons. The van der Waals surface area contributed by atoms with Gasteiger partial charge in [0.15, 0.2) is 0 Å². The second-order valence-electron chi connectivity index (χ2n) is 6.12. The van der Waals surface area contributed by atoms with E-state index in [0.29, 0.717) is 12.1 Å². The molecule has 0 aromatic heterocycles. The molecule has 1 fully saturated rings. The molecule has 3 amide bonds. The van der Waals surface area contributed by atoms with Crippen molar-refractivity contribution < 1.29 is 9.59 Å². The number of nitrogens with one attached hydrogen (secondary N) is 3. The van der Waals surface area contributed by atoms with Crippen LogP contribution in [0, 0.1) is 6.92 Å². The van der Waals surface area contributed by atoms with Gasteiger partial charge in [-0.2, -0.15) is 11.8 Å². The summed E-state index contributed by atoms with van der Waals surface area (Å²) in [5, 5.41) is 9.09. The van der Waals surface area contributed by atoms with Crippen molar-refractivity contribution in [3.8, 4) is 0 Å². The standard InChI is InChI=1S/C18H27N3O2S/c1-13-12-14(17(22)19-2)8-9-16(13)21-18(23)20-10-11-24-15-6-4-3-5-7-15/h8-9,12,15H,3-7,10-11H2,1-2H3,(H,19,22)(H2,20,21,23). The number of rotatable bonds is 6. The summed E-state index contributed by atoms with van der Waals surface area (Å²) in [6, 6.07) is 5.04. The minimum absolute atomic E-state index is 0.131. The van der Waals surface area contributed by atoms with Crippen molar-refractivity contribution >= 4 is 29.4 Å². The van der Waals surface area contributed by atoms with Crippen molar-refractivity contribution in [2.24, 2.45) is 0 Å². The second-order valence-corrected chi connectivity index (χ2v) is 7.53. The van der Waals surface area contributed by atoms with E-state index in [1.54, 1.807) is 25.2 Å². The smallest absolute Gasteiger partial charge is 0.319 e. The summed E-state index contributed by atoms with van der Waals surface area (Å²) in [6.07, 6.45) is 6.69. The summed E-state index contributed by atoms with van der Waals surface area (Å²) in [6.45, 7) is 2.54. The van der Waals surface area contributed by atoms with Crippen molar-refractivity contribution in [3.63, 3.8) is 0 Å². The first-order valence-electron chi connectivity index (χ1n) is 8.59. The zero-order valence-electron chi connectivity index (χ0n) is 14.5. The van der Waals surface area contributed by atoms with Gasteiger partial charge in [-0.05, 0) is 43.5 Å². The van der Waals surface area contributed by atoms with E-state index in [0.717, 1.165) is 22.3 Å². The summed E-state index contributed by atoms with van der Waals surface area (Å²) in [5.41, 5.74) is 2.17. The Morgan fingerprint density at radius 1 is 1.21 bits per heavy atom. The van der Waals surface area contributed by atoms with Crippen molar-refractivity contribution in [2.75, 3.05) is 24.7 Å². The lowest BCUT2D eigenvalue weighted by molar-refractivity contribution is 0.0963. The van der Waals surface area contributed by atoms with E-state index in [2.05, 4.69) is 16.0 Å². The Bertz CT molecular complexity index is 571. The van der Waals surface area contributed by atoms with Crippen LogP contribution in [0.4, 0.5) is 10.5 Å². The van der Waals surface area contributed by atoms with Gasteiger partial charge in [-0.3, -0.25) is 4.79 Å². The molecule has 0 unspecified atom stereocenters. The summed E-state index contributed by atoms with van der Waals surface area (Å²) in [7, 11) is 1.60. The summed E-state index contributed by atoms with van der Waals surface area (Å²) >= 11 is 1.97. The van der Waals surface area contributed by atoms with Crippen molar-refractivity contribution in [2.45, 2.75) is 44.3 Å².